The minimum absolute atomic E-state index is 0.0151. The van der Waals surface area contributed by atoms with Crippen LogP contribution in [0.4, 0.5) is 5.69 Å². The number of pyridine rings is 1. The first-order valence-corrected chi connectivity index (χ1v) is 7.15. The van der Waals surface area contributed by atoms with Gasteiger partial charge in [0.25, 0.3) is 5.69 Å². The zero-order chi connectivity index (χ0) is 16.0. The molecule has 0 unspecified atom stereocenters. The van der Waals surface area contributed by atoms with Gasteiger partial charge in [0.15, 0.2) is 0 Å². The maximum Gasteiger partial charge on any atom is 0.288 e. The van der Waals surface area contributed by atoms with E-state index in [0.29, 0.717) is 11.3 Å². The summed E-state index contributed by atoms with van der Waals surface area (Å²) in [4.78, 5) is 14.8. The fourth-order valence-corrected chi connectivity index (χ4v) is 2.79. The van der Waals surface area contributed by atoms with Crippen molar-refractivity contribution in [3.8, 4) is 11.3 Å². The predicted molar refractivity (Wildman–Crippen MR) is 88.3 cm³/mol. The standard InChI is InChI=1S/C18H12N2O3/c1-11-6-13-8-14(20(21)22)10-19-18(13)15(7-11)17-9-12-4-2-3-5-16(12)23-17/h2-10H,1H3. The van der Waals surface area contributed by atoms with Crippen molar-refractivity contribution in [1.29, 1.82) is 0 Å². The molecule has 0 radical (unpaired) electrons. The summed E-state index contributed by atoms with van der Waals surface area (Å²) in [6.07, 6.45) is 1.28. The lowest BCUT2D eigenvalue weighted by Crippen LogP contribution is -1.91. The number of rotatable bonds is 2. The Morgan fingerprint density at radius 3 is 2.70 bits per heavy atom. The smallest absolute Gasteiger partial charge is 0.288 e. The second-order valence-electron chi connectivity index (χ2n) is 5.48. The molecule has 4 aromatic rings. The van der Waals surface area contributed by atoms with Gasteiger partial charge in [0.1, 0.15) is 17.5 Å². The maximum absolute atomic E-state index is 10.9. The van der Waals surface area contributed by atoms with Crippen molar-refractivity contribution in [3.05, 3.63) is 70.4 Å². The Labute approximate surface area is 131 Å². The van der Waals surface area contributed by atoms with Crippen molar-refractivity contribution in [2.45, 2.75) is 6.92 Å². The van der Waals surface area contributed by atoms with Gasteiger partial charge in [0.05, 0.1) is 10.4 Å². The summed E-state index contributed by atoms with van der Waals surface area (Å²) in [5, 5.41) is 12.7. The van der Waals surface area contributed by atoms with Crippen LogP contribution in [0.1, 0.15) is 5.56 Å². The first kappa shape index (κ1) is 13.5. The molecule has 5 nitrogen and oxygen atoms in total. The van der Waals surface area contributed by atoms with Crippen LogP contribution in [0, 0.1) is 17.0 Å². The number of aromatic nitrogens is 1. The number of fused-ring (bicyclic) bond motifs is 2. The average molecular weight is 304 g/mol. The lowest BCUT2D eigenvalue weighted by Gasteiger charge is -2.05. The van der Waals surface area contributed by atoms with Crippen LogP contribution < -0.4 is 0 Å². The number of nitro groups is 1. The number of benzene rings is 2. The van der Waals surface area contributed by atoms with E-state index in [1.807, 2.05) is 49.4 Å². The molecule has 0 aliphatic rings. The van der Waals surface area contributed by atoms with Gasteiger partial charge in [-0.05, 0) is 36.8 Å². The van der Waals surface area contributed by atoms with Gasteiger partial charge in [-0.25, -0.2) is 4.98 Å². The van der Waals surface area contributed by atoms with Crippen LogP contribution in [0.25, 0.3) is 33.2 Å². The van der Waals surface area contributed by atoms with Crippen molar-refractivity contribution >= 4 is 27.6 Å². The Kier molecular flexibility index (Phi) is 2.87. The zero-order valence-electron chi connectivity index (χ0n) is 12.3. The summed E-state index contributed by atoms with van der Waals surface area (Å²) in [6, 6.07) is 15.2. The number of hydrogen-bond acceptors (Lipinski definition) is 4. The summed E-state index contributed by atoms with van der Waals surface area (Å²) in [5.41, 5.74) is 3.32. The molecule has 2 aromatic carbocycles. The Morgan fingerprint density at radius 1 is 1.09 bits per heavy atom. The maximum atomic E-state index is 10.9. The molecule has 0 aliphatic carbocycles. The molecular weight excluding hydrogens is 292 g/mol. The number of aryl methyl sites for hydroxylation is 1. The molecule has 0 fully saturated rings. The Hall–Kier alpha value is -3.21. The highest BCUT2D eigenvalue weighted by Crippen LogP contribution is 2.34. The van der Waals surface area contributed by atoms with Crippen LogP contribution in [-0.4, -0.2) is 9.91 Å². The number of furan rings is 1. The highest BCUT2D eigenvalue weighted by molar-refractivity contribution is 5.96. The minimum Gasteiger partial charge on any atom is -0.456 e. The van der Waals surface area contributed by atoms with E-state index in [-0.39, 0.29) is 5.69 Å². The van der Waals surface area contributed by atoms with E-state index in [1.54, 1.807) is 6.07 Å². The van der Waals surface area contributed by atoms with Crippen LogP contribution in [0.5, 0.6) is 0 Å². The zero-order valence-corrected chi connectivity index (χ0v) is 12.3. The molecule has 23 heavy (non-hydrogen) atoms. The van der Waals surface area contributed by atoms with Gasteiger partial charge in [0.2, 0.25) is 0 Å². The quantitative estimate of drug-likeness (QED) is 0.391. The number of nitrogens with zero attached hydrogens (tertiary/aromatic N) is 2. The van der Waals surface area contributed by atoms with Gasteiger partial charge in [-0.1, -0.05) is 18.2 Å². The lowest BCUT2D eigenvalue weighted by molar-refractivity contribution is -0.385. The van der Waals surface area contributed by atoms with Gasteiger partial charge in [0, 0.05) is 22.4 Å². The van der Waals surface area contributed by atoms with Crippen LogP contribution in [0.2, 0.25) is 0 Å². The third kappa shape index (κ3) is 2.23. The van der Waals surface area contributed by atoms with E-state index in [4.69, 9.17) is 4.42 Å². The summed E-state index contributed by atoms with van der Waals surface area (Å²) in [6.45, 7) is 1.95. The molecule has 0 amide bonds. The summed E-state index contributed by atoms with van der Waals surface area (Å²) in [5.74, 6) is 0.709. The van der Waals surface area contributed by atoms with E-state index in [9.17, 15) is 10.1 Å². The second kappa shape index (κ2) is 4.91. The first-order chi connectivity index (χ1) is 11.1. The topological polar surface area (TPSA) is 69.2 Å². The van der Waals surface area contributed by atoms with Crippen molar-refractivity contribution < 1.29 is 9.34 Å². The molecule has 5 heteroatoms. The predicted octanol–water partition coefficient (Wildman–Crippen LogP) is 4.86. The second-order valence-corrected chi connectivity index (χ2v) is 5.48. The fraction of sp³-hybridized carbons (Fsp3) is 0.0556. The largest absolute Gasteiger partial charge is 0.456 e. The highest BCUT2D eigenvalue weighted by atomic mass is 16.6. The molecule has 4 rings (SSSR count). The molecule has 0 spiro atoms. The molecule has 0 saturated carbocycles. The molecule has 112 valence electrons. The summed E-state index contributed by atoms with van der Waals surface area (Å²) >= 11 is 0. The van der Waals surface area contributed by atoms with E-state index in [0.717, 1.165) is 27.5 Å². The normalized spacial score (nSPS) is 11.2. The van der Waals surface area contributed by atoms with Crippen LogP contribution >= 0.6 is 0 Å². The Morgan fingerprint density at radius 2 is 1.91 bits per heavy atom. The highest BCUT2D eigenvalue weighted by Gasteiger charge is 2.14. The number of para-hydroxylation sites is 1. The van der Waals surface area contributed by atoms with Crippen molar-refractivity contribution in [2.24, 2.45) is 0 Å². The Bertz CT molecular complexity index is 1030. The van der Waals surface area contributed by atoms with E-state index in [1.165, 1.54) is 6.20 Å². The first-order valence-electron chi connectivity index (χ1n) is 7.15. The SMILES string of the molecule is Cc1cc(-c2cc3ccccc3o2)c2ncc([N+](=O)[O-])cc2c1. The molecule has 2 heterocycles. The van der Waals surface area contributed by atoms with Gasteiger partial charge < -0.3 is 4.42 Å². The van der Waals surface area contributed by atoms with Crippen molar-refractivity contribution in [1.82, 2.24) is 4.98 Å². The van der Waals surface area contributed by atoms with Crippen molar-refractivity contribution in [2.75, 3.05) is 0 Å². The molecule has 0 N–H and O–H groups in total. The van der Waals surface area contributed by atoms with Gasteiger partial charge >= 0.3 is 0 Å². The average Bonchev–Trinajstić information content (AvgIpc) is 2.97. The van der Waals surface area contributed by atoms with Gasteiger partial charge in [-0.2, -0.15) is 0 Å². The molecular formula is C18H12N2O3. The van der Waals surface area contributed by atoms with E-state index in [2.05, 4.69) is 4.98 Å². The third-order valence-corrected chi connectivity index (χ3v) is 3.81. The third-order valence-electron chi connectivity index (χ3n) is 3.81. The van der Waals surface area contributed by atoms with Gasteiger partial charge in [-0.3, -0.25) is 10.1 Å². The molecule has 0 atom stereocenters. The fourth-order valence-electron chi connectivity index (χ4n) is 2.79. The van der Waals surface area contributed by atoms with Crippen LogP contribution in [0.3, 0.4) is 0 Å². The monoisotopic (exact) mass is 304 g/mol. The molecule has 0 saturated heterocycles. The minimum atomic E-state index is -0.435. The summed E-state index contributed by atoms with van der Waals surface area (Å²) < 4.78 is 5.92. The summed E-state index contributed by atoms with van der Waals surface area (Å²) in [7, 11) is 0. The number of hydrogen-bond donors (Lipinski definition) is 0. The van der Waals surface area contributed by atoms with E-state index < -0.39 is 4.92 Å². The molecule has 2 aromatic heterocycles. The molecule has 0 aliphatic heterocycles. The Balaban J connectivity index is 2.00. The lowest BCUT2D eigenvalue weighted by atomic mass is 10.0. The van der Waals surface area contributed by atoms with E-state index >= 15 is 0 Å². The molecule has 0 bridgehead atoms. The van der Waals surface area contributed by atoms with Gasteiger partial charge in [-0.15, -0.1) is 0 Å². The van der Waals surface area contributed by atoms with Crippen LogP contribution in [-0.2, 0) is 0 Å². The van der Waals surface area contributed by atoms with Crippen molar-refractivity contribution in [3.63, 3.8) is 0 Å². The van der Waals surface area contributed by atoms with Crippen LogP contribution in [0.15, 0.2) is 59.1 Å².